The van der Waals surface area contributed by atoms with Crippen molar-refractivity contribution in [3.8, 4) is 0 Å². The molecule has 2 aliphatic heterocycles. The maximum atomic E-state index is 9.60. The van der Waals surface area contributed by atoms with Crippen LogP contribution in [-0.2, 0) is 26.5 Å². The van der Waals surface area contributed by atoms with Crippen LogP contribution in [0.4, 0.5) is 5.69 Å². The van der Waals surface area contributed by atoms with Crippen LogP contribution in [0.25, 0.3) is 0 Å². The topological polar surface area (TPSA) is 90.6 Å². The van der Waals surface area contributed by atoms with Crippen molar-refractivity contribution in [3.63, 3.8) is 0 Å². The Labute approximate surface area is 131 Å². The normalized spacial score (nSPS) is 25.7. The zero-order chi connectivity index (χ0) is 16.4. The van der Waals surface area contributed by atoms with E-state index in [2.05, 4.69) is 15.7 Å². The SMILES string of the molecule is CC(C)(C)OC=O.NCc1cc(C23CN2CCO3)ccc1N. The molecule has 2 heterocycles. The van der Waals surface area contributed by atoms with E-state index < -0.39 is 0 Å². The molecule has 3 rings (SSSR count). The molecule has 2 fully saturated rings. The van der Waals surface area contributed by atoms with E-state index in [1.54, 1.807) is 0 Å². The van der Waals surface area contributed by atoms with E-state index in [0.717, 1.165) is 30.9 Å². The summed E-state index contributed by atoms with van der Waals surface area (Å²) in [6.07, 6.45) is 0. The summed E-state index contributed by atoms with van der Waals surface area (Å²) >= 11 is 0. The van der Waals surface area contributed by atoms with E-state index in [1.165, 1.54) is 5.56 Å². The number of anilines is 1. The molecular formula is C16H25N3O3. The number of nitrogens with two attached hydrogens (primary N) is 2. The highest BCUT2D eigenvalue weighted by Gasteiger charge is 2.58. The number of rotatable bonds is 3. The largest absolute Gasteiger partial charge is 0.462 e. The third-order valence-corrected chi connectivity index (χ3v) is 3.73. The molecule has 2 saturated heterocycles. The minimum atomic E-state index is -0.318. The quantitative estimate of drug-likeness (QED) is 0.495. The zero-order valence-corrected chi connectivity index (χ0v) is 13.5. The van der Waals surface area contributed by atoms with Crippen LogP contribution >= 0.6 is 0 Å². The van der Waals surface area contributed by atoms with Crippen molar-refractivity contribution >= 4 is 12.2 Å². The number of nitrogens with zero attached hydrogens (tertiary/aromatic N) is 1. The second kappa shape index (κ2) is 6.24. The van der Waals surface area contributed by atoms with Crippen molar-refractivity contribution in [2.45, 2.75) is 38.6 Å². The molecule has 0 aliphatic carbocycles. The number of hydrogen-bond acceptors (Lipinski definition) is 6. The molecule has 0 spiro atoms. The highest BCUT2D eigenvalue weighted by atomic mass is 16.5. The van der Waals surface area contributed by atoms with Gasteiger partial charge in [0, 0.05) is 30.9 Å². The van der Waals surface area contributed by atoms with E-state index >= 15 is 0 Å². The van der Waals surface area contributed by atoms with E-state index in [-0.39, 0.29) is 11.3 Å². The van der Waals surface area contributed by atoms with Crippen molar-refractivity contribution in [1.29, 1.82) is 0 Å². The highest BCUT2D eigenvalue weighted by Crippen LogP contribution is 2.47. The molecular weight excluding hydrogens is 282 g/mol. The molecule has 2 unspecified atom stereocenters. The van der Waals surface area contributed by atoms with Crippen LogP contribution in [0.2, 0.25) is 0 Å². The molecule has 1 aromatic carbocycles. The fourth-order valence-electron chi connectivity index (χ4n) is 2.47. The first-order valence-electron chi connectivity index (χ1n) is 7.42. The number of benzene rings is 1. The number of carbonyl (C=O) groups is 1. The van der Waals surface area contributed by atoms with Gasteiger partial charge in [-0.25, -0.2) is 0 Å². The first-order valence-corrected chi connectivity index (χ1v) is 7.42. The molecule has 0 amide bonds. The van der Waals surface area contributed by atoms with Crippen molar-refractivity contribution in [3.05, 3.63) is 29.3 Å². The summed E-state index contributed by atoms with van der Waals surface area (Å²) in [5.41, 5.74) is 14.0. The molecule has 4 N–H and O–H groups in total. The number of hydrogen-bond donors (Lipinski definition) is 2. The second-order valence-electron chi connectivity index (χ2n) is 6.50. The summed E-state index contributed by atoms with van der Waals surface area (Å²) in [7, 11) is 0. The van der Waals surface area contributed by atoms with Crippen LogP contribution in [0, 0.1) is 0 Å². The van der Waals surface area contributed by atoms with Gasteiger partial charge in [0.25, 0.3) is 6.47 Å². The van der Waals surface area contributed by atoms with Gasteiger partial charge in [0.15, 0.2) is 5.72 Å². The summed E-state index contributed by atoms with van der Waals surface area (Å²) in [5, 5.41) is 0. The maximum absolute atomic E-state index is 9.60. The number of morpholine rings is 1. The molecule has 0 aromatic heterocycles. The van der Waals surface area contributed by atoms with Gasteiger partial charge in [-0.1, -0.05) is 6.07 Å². The molecule has 22 heavy (non-hydrogen) atoms. The third kappa shape index (κ3) is 3.58. The van der Waals surface area contributed by atoms with E-state index in [4.69, 9.17) is 16.2 Å². The number of nitrogen functional groups attached to an aromatic ring is 1. The monoisotopic (exact) mass is 307 g/mol. The molecule has 2 aliphatic rings. The average Bonchev–Trinajstić information content (AvgIpc) is 3.01. The predicted octanol–water partition coefficient (Wildman–Crippen LogP) is 1.18. The minimum absolute atomic E-state index is 0.141. The summed E-state index contributed by atoms with van der Waals surface area (Å²) in [4.78, 5) is 11.9. The summed E-state index contributed by atoms with van der Waals surface area (Å²) < 4.78 is 10.3. The Morgan fingerprint density at radius 1 is 1.45 bits per heavy atom. The molecule has 0 bridgehead atoms. The Hall–Kier alpha value is -1.63. The summed E-state index contributed by atoms with van der Waals surface area (Å²) in [5.74, 6) is 0. The summed E-state index contributed by atoms with van der Waals surface area (Å²) in [6, 6.07) is 6.03. The van der Waals surface area contributed by atoms with Crippen molar-refractivity contribution in [1.82, 2.24) is 4.90 Å². The lowest BCUT2D eigenvalue weighted by molar-refractivity contribution is -0.138. The van der Waals surface area contributed by atoms with Gasteiger partial charge in [0.2, 0.25) is 0 Å². The van der Waals surface area contributed by atoms with Gasteiger partial charge < -0.3 is 20.9 Å². The molecule has 0 radical (unpaired) electrons. The zero-order valence-electron chi connectivity index (χ0n) is 13.5. The van der Waals surface area contributed by atoms with Crippen LogP contribution in [0.5, 0.6) is 0 Å². The standard InChI is InChI=1S/C11H15N3O.C5H10O2/c12-6-8-5-9(1-2-10(8)13)11-7-14(11)3-4-15-11;1-5(2,3)7-4-6/h1-2,5H,3-4,6-7,12-13H2;4H,1-3H3. The van der Waals surface area contributed by atoms with Gasteiger partial charge in [-0.2, -0.15) is 0 Å². The highest BCUT2D eigenvalue weighted by molar-refractivity contribution is 5.50. The molecule has 2 atom stereocenters. The van der Waals surface area contributed by atoms with Gasteiger partial charge in [0.1, 0.15) is 5.60 Å². The molecule has 1 aromatic rings. The number of ether oxygens (including phenoxy) is 2. The van der Waals surface area contributed by atoms with Gasteiger partial charge in [-0.15, -0.1) is 0 Å². The fourth-order valence-corrected chi connectivity index (χ4v) is 2.47. The van der Waals surface area contributed by atoms with E-state index in [9.17, 15) is 4.79 Å². The smallest absolute Gasteiger partial charge is 0.293 e. The van der Waals surface area contributed by atoms with Gasteiger partial charge in [0.05, 0.1) is 6.61 Å². The van der Waals surface area contributed by atoms with Gasteiger partial charge >= 0.3 is 0 Å². The first kappa shape index (κ1) is 16.7. The van der Waals surface area contributed by atoms with Crippen molar-refractivity contribution in [2.24, 2.45) is 5.73 Å². The second-order valence-corrected chi connectivity index (χ2v) is 6.50. The third-order valence-electron chi connectivity index (χ3n) is 3.73. The lowest BCUT2D eigenvalue weighted by atomic mass is 10.0. The first-order chi connectivity index (χ1) is 10.3. The van der Waals surface area contributed by atoms with Crippen LogP contribution in [0.15, 0.2) is 18.2 Å². The number of carbonyl (C=O) groups excluding carboxylic acids is 1. The predicted molar refractivity (Wildman–Crippen MR) is 84.9 cm³/mol. The Morgan fingerprint density at radius 3 is 2.59 bits per heavy atom. The van der Waals surface area contributed by atoms with Crippen molar-refractivity contribution in [2.75, 3.05) is 25.4 Å². The maximum Gasteiger partial charge on any atom is 0.293 e. The Kier molecular flexibility index (Phi) is 4.75. The van der Waals surface area contributed by atoms with E-state index in [1.807, 2.05) is 32.9 Å². The van der Waals surface area contributed by atoms with Gasteiger partial charge in [-0.05, 0) is 38.5 Å². The average molecular weight is 307 g/mol. The minimum Gasteiger partial charge on any atom is -0.462 e. The Morgan fingerprint density at radius 2 is 2.18 bits per heavy atom. The summed E-state index contributed by atoms with van der Waals surface area (Å²) in [6.45, 7) is 9.26. The molecule has 6 heteroatoms. The fraction of sp³-hybridized carbons (Fsp3) is 0.562. The Bertz CT molecular complexity index is 542. The van der Waals surface area contributed by atoms with Crippen LogP contribution in [-0.4, -0.2) is 36.7 Å². The van der Waals surface area contributed by atoms with Crippen LogP contribution in [0.1, 0.15) is 31.9 Å². The Balaban J connectivity index is 0.000000217. The van der Waals surface area contributed by atoms with Crippen LogP contribution < -0.4 is 11.5 Å². The lowest BCUT2D eigenvalue weighted by Gasteiger charge is -2.14. The van der Waals surface area contributed by atoms with E-state index in [0.29, 0.717) is 13.0 Å². The lowest BCUT2D eigenvalue weighted by Crippen LogP contribution is -2.17. The number of fused-ring (bicyclic) bond motifs is 1. The molecule has 6 nitrogen and oxygen atoms in total. The van der Waals surface area contributed by atoms with Crippen LogP contribution in [0.3, 0.4) is 0 Å². The molecule has 0 saturated carbocycles. The van der Waals surface area contributed by atoms with Crippen molar-refractivity contribution < 1.29 is 14.3 Å². The van der Waals surface area contributed by atoms with Gasteiger partial charge in [-0.3, -0.25) is 9.69 Å². The molecule has 122 valence electrons.